The molecule has 2 rings (SSSR count). The van der Waals surface area contributed by atoms with Gasteiger partial charge >= 0.3 is 17.9 Å². The number of esters is 3. The molecule has 10 atom stereocenters. The Bertz CT molecular complexity index is 908. The van der Waals surface area contributed by atoms with Gasteiger partial charge in [-0.3, -0.25) is 14.4 Å². The molecule has 2 saturated heterocycles. The highest BCUT2D eigenvalue weighted by atomic mass is 16.7. The maximum Gasteiger partial charge on any atom is 0.303 e. The molecule has 0 aromatic heterocycles. The molecule has 2 aliphatic rings. The van der Waals surface area contributed by atoms with E-state index in [2.05, 4.69) is 20.1 Å². The third kappa shape index (κ3) is 7.18. The number of methoxy groups -OCH3 is 1. The van der Waals surface area contributed by atoms with E-state index in [1.165, 1.54) is 14.0 Å². The van der Waals surface area contributed by atoms with Gasteiger partial charge in [0.25, 0.3) is 0 Å². The highest BCUT2D eigenvalue weighted by Crippen LogP contribution is 2.34. The van der Waals surface area contributed by atoms with Crippen molar-refractivity contribution in [2.75, 3.05) is 13.7 Å². The lowest BCUT2D eigenvalue weighted by Crippen LogP contribution is -2.64. The van der Waals surface area contributed by atoms with Crippen LogP contribution in [-0.2, 0) is 47.5 Å². The van der Waals surface area contributed by atoms with Crippen molar-refractivity contribution >= 4 is 17.9 Å². The fourth-order valence-electron chi connectivity index (χ4n) is 3.89. The molecule has 0 unspecified atom stereocenters. The Labute approximate surface area is 205 Å². The SMILES string of the molecule is CO[C@@H]1O[C@H](COC(C)=O)[C@@H](O)[C@H](O[C@@H]2O[C@H](C)[C@@H](N=[N+]=[N-])[C@H](OC(C)=O)[C@H]2OC(C)=O)[C@H]1N=[N+]=[N-]. The Morgan fingerprint density at radius 3 is 2.00 bits per heavy atom. The van der Waals surface area contributed by atoms with E-state index in [4.69, 9.17) is 44.2 Å². The van der Waals surface area contributed by atoms with Crippen molar-refractivity contribution in [1.82, 2.24) is 0 Å². The summed E-state index contributed by atoms with van der Waals surface area (Å²) in [5.41, 5.74) is 18.0. The van der Waals surface area contributed by atoms with E-state index in [1.807, 2.05) is 0 Å². The molecular weight excluding hydrogens is 488 g/mol. The summed E-state index contributed by atoms with van der Waals surface area (Å²) in [7, 11) is 1.25. The Morgan fingerprint density at radius 1 is 0.889 bits per heavy atom. The van der Waals surface area contributed by atoms with Gasteiger partial charge in [0.1, 0.15) is 37.0 Å². The monoisotopic (exact) mass is 516 g/mol. The van der Waals surface area contributed by atoms with Crippen molar-refractivity contribution < 1.29 is 52.6 Å². The van der Waals surface area contributed by atoms with Crippen molar-refractivity contribution in [3.05, 3.63) is 20.9 Å². The molecule has 2 heterocycles. The Hall–Kier alpha value is -3.17. The quantitative estimate of drug-likeness (QED) is 0.147. The van der Waals surface area contributed by atoms with Gasteiger partial charge in [-0.1, -0.05) is 10.2 Å². The smallest absolute Gasteiger partial charge is 0.303 e. The predicted octanol–water partition coefficient (Wildman–Crippen LogP) is 0.633. The minimum Gasteiger partial charge on any atom is -0.463 e. The lowest BCUT2D eigenvalue weighted by Gasteiger charge is -2.47. The topological polar surface area (TPSA) is 234 Å². The molecular formula is C19H28N6O11. The van der Waals surface area contributed by atoms with E-state index < -0.39 is 79.2 Å². The number of ether oxygens (including phenoxy) is 7. The van der Waals surface area contributed by atoms with E-state index >= 15 is 0 Å². The number of aliphatic hydroxyl groups is 1. The summed E-state index contributed by atoms with van der Waals surface area (Å²) in [6.45, 7) is 4.48. The second kappa shape index (κ2) is 13.2. The molecule has 0 saturated carbocycles. The largest absolute Gasteiger partial charge is 0.463 e. The maximum absolute atomic E-state index is 11.9. The number of hydrogen-bond donors (Lipinski definition) is 1. The second-order valence-electron chi connectivity index (χ2n) is 7.92. The van der Waals surface area contributed by atoms with Gasteiger partial charge in [0.05, 0.1) is 6.10 Å². The zero-order valence-electron chi connectivity index (χ0n) is 20.2. The fourth-order valence-corrected chi connectivity index (χ4v) is 3.89. The zero-order valence-corrected chi connectivity index (χ0v) is 20.2. The molecule has 2 fully saturated rings. The normalized spacial score (nSPS) is 35.9. The maximum atomic E-state index is 11.9. The number of azide groups is 2. The first-order valence-electron chi connectivity index (χ1n) is 10.8. The average molecular weight is 516 g/mol. The van der Waals surface area contributed by atoms with Crippen LogP contribution in [0.2, 0.25) is 0 Å². The minimum absolute atomic E-state index is 0.385. The lowest BCUT2D eigenvalue weighted by atomic mass is 9.95. The summed E-state index contributed by atoms with van der Waals surface area (Å²) in [5, 5.41) is 18.2. The fraction of sp³-hybridized carbons (Fsp3) is 0.842. The molecule has 2 aliphatic heterocycles. The Morgan fingerprint density at radius 2 is 1.47 bits per heavy atom. The molecule has 17 heteroatoms. The van der Waals surface area contributed by atoms with Crippen LogP contribution in [0.4, 0.5) is 0 Å². The van der Waals surface area contributed by atoms with E-state index in [-0.39, 0.29) is 6.61 Å². The van der Waals surface area contributed by atoms with Crippen LogP contribution in [0.5, 0.6) is 0 Å². The standard InChI is InChI=1S/C19H28N6O11/c1-7-12(22-24-20)16(33-9(3)27)17(34-10(4)28)19(32-7)36-15-13(23-25-21)18(30-5)35-11(14(15)29)6-31-8(2)26/h7,11-19,29H,6H2,1-5H3/t7-,11-,12-,13-,14-,15-,16+,17-,18-,19+/m1/s1. The summed E-state index contributed by atoms with van der Waals surface area (Å²) in [5.74, 6) is -2.20. The molecule has 17 nitrogen and oxygen atoms in total. The number of nitrogens with zero attached hydrogens (tertiary/aromatic N) is 6. The molecule has 36 heavy (non-hydrogen) atoms. The van der Waals surface area contributed by atoms with E-state index in [1.54, 1.807) is 0 Å². The van der Waals surface area contributed by atoms with Gasteiger partial charge in [-0.05, 0) is 18.0 Å². The molecule has 200 valence electrons. The van der Waals surface area contributed by atoms with Crippen molar-refractivity contribution in [2.45, 2.75) is 89.0 Å². The van der Waals surface area contributed by atoms with Crippen LogP contribution in [0.1, 0.15) is 27.7 Å². The van der Waals surface area contributed by atoms with Crippen molar-refractivity contribution in [2.24, 2.45) is 10.2 Å². The zero-order chi connectivity index (χ0) is 27.0. The van der Waals surface area contributed by atoms with Crippen molar-refractivity contribution in [3.8, 4) is 0 Å². The molecule has 1 N–H and O–H groups in total. The summed E-state index contributed by atoms with van der Waals surface area (Å²) >= 11 is 0. The van der Waals surface area contributed by atoms with Crippen LogP contribution in [0, 0.1) is 0 Å². The van der Waals surface area contributed by atoms with Crippen LogP contribution in [0.3, 0.4) is 0 Å². The molecule has 0 aromatic rings. The Kier molecular flexibility index (Phi) is 10.7. The van der Waals surface area contributed by atoms with Crippen LogP contribution < -0.4 is 0 Å². The van der Waals surface area contributed by atoms with Gasteiger partial charge in [0.15, 0.2) is 24.8 Å². The van der Waals surface area contributed by atoms with E-state index in [0.29, 0.717) is 0 Å². The number of hydrogen-bond acceptors (Lipinski definition) is 13. The first kappa shape index (κ1) is 29.1. The van der Waals surface area contributed by atoms with Gasteiger partial charge < -0.3 is 38.3 Å². The van der Waals surface area contributed by atoms with Gasteiger partial charge in [0.2, 0.25) is 0 Å². The second-order valence-corrected chi connectivity index (χ2v) is 7.92. The molecule has 0 bridgehead atoms. The Balaban J connectivity index is 2.46. The minimum atomic E-state index is -1.55. The van der Waals surface area contributed by atoms with Crippen LogP contribution in [-0.4, -0.2) is 98.0 Å². The lowest BCUT2D eigenvalue weighted by molar-refractivity contribution is -0.328. The van der Waals surface area contributed by atoms with Gasteiger partial charge in [-0.15, -0.1) is 0 Å². The number of carbonyl (C=O) groups excluding carboxylic acids is 3. The molecule has 0 spiro atoms. The number of rotatable bonds is 9. The highest BCUT2D eigenvalue weighted by molar-refractivity contribution is 5.67. The van der Waals surface area contributed by atoms with Crippen molar-refractivity contribution in [3.63, 3.8) is 0 Å². The summed E-state index contributed by atoms with van der Waals surface area (Å²) in [6, 6.07) is -2.37. The van der Waals surface area contributed by atoms with Crippen LogP contribution in [0.25, 0.3) is 20.9 Å². The summed E-state index contributed by atoms with van der Waals surface area (Å²) in [4.78, 5) is 40.4. The first-order chi connectivity index (χ1) is 17.0. The molecule has 0 aromatic carbocycles. The molecule has 0 radical (unpaired) electrons. The van der Waals surface area contributed by atoms with Gasteiger partial charge in [0, 0.05) is 37.7 Å². The van der Waals surface area contributed by atoms with Gasteiger partial charge in [-0.2, -0.15) is 0 Å². The predicted molar refractivity (Wildman–Crippen MR) is 114 cm³/mol. The first-order valence-corrected chi connectivity index (χ1v) is 10.8. The third-order valence-corrected chi connectivity index (χ3v) is 5.35. The van der Waals surface area contributed by atoms with E-state index in [0.717, 1.165) is 20.8 Å². The van der Waals surface area contributed by atoms with E-state index in [9.17, 15) is 19.5 Å². The molecule has 0 amide bonds. The van der Waals surface area contributed by atoms with Crippen LogP contribution in [0.15, 0.2) is 10.2 Å². The third-order valence-electron chi connectivity index (χ3n) is 5.35. The average Bonchev–Trinajstić information content (AvgIpc) is 2.79. The van der Waals surface area contributed by atoms with Gasteiger partial charge in [-0.25, -0.2) is 0 Å². The summed E-state index contributed by atoms with van der Waals surface area (Å²) < 4.78 is 38.1. The molecule has 0 aliphatic carbocycles. The number of carbonyl (C=O) groups is 3. The summed E-state index contributed by atoms with van der Waals surface area (Å²) in [6.07, 6.45) is -10.5. The van der Waals surface area contributed by atoms with Crippen LogP contribution >= 0.6 is 0 Å². The highest BCUT2D eigenvalue weighted by Gasteiger charge is 2.53. The number of aliphatic hydroxyl groups excluding tert-OH is 1. The van der Waals surface area contributed by atoms with Crippen molar-refractivity contribution in [1.29, 1.82) is 0 Å².